The summed E-state index contributed by atoms with van der Waals surface area (Å²) in [5.74, 6) is 0.00346. The lowest BCUT2D eigenvalue weighted by molar-refractivity contribution is 0.0925. The molecule has 1 aliphatic rings. The average molecular weight is 303 g/mol. The SMILES string of the molecule is O=C1N[C@@H](Cc2ccccc2)Cc2[nH]c(-c3ccncc3)cc21. The number of nitrogens with zero attached hydrogens (tertiary/aromatic N) is 1. The second kappa shape index (κ2) is 5.72. The van der Waals surface area contributed by atoms with Gasteiger partial charge in [-0.3, -0.25) is 9.78 Å². The minimum Gasteiger partial charge on any atom is -0.358 e. The summed E-state index contributed by atoms with van der Waals surface area (Å²) in [6.07, 6.45) is 5.18. The van der Waals surface area contributed by atoms with Crippen molar-refractivity contribution < 1.29 is 4.79 Å². The molecule has 4 nitrogen and oxygen atoms in total. The van der Waals surface area contributed by atoms with Gasteiger partial charge in [0.2, 0.25) is 0 Å². The first-order chi connectivity index (χ1) is 11.3. The number of carbonyl (C=O) groups is 1. The molecule has 2 aromatic heterocycles. The smallest absolute Gasteiger partial charge is 0.253 e. The van der Waals surface area contributed by atoms with Crippen LogP contribution in [0.15, 0.2) is 60.9 Å². The highest BCUT2D eigenvalue weighted by Gasteiger charge is 2.26. The first-order valence-corrected chi connectivity index (χ1v) is 7.76. The van der Waals surface area contributed by atoms with Crippen LogP contribution >= 0.6 is 0 Å². The molecule has 1 atom stereocenters. The van der Waals surface area contributed by atoms with Crippen LogP contribution in [0.25, 0.3) is 11.3 Å². The molecule has 1 aromatic carbocycles. The second-order valence-electron chi connectivity index (χ2n) is 5.88. The fourth-order valence-corrected chi connectivity index (χ4v) is 3.13. The Labute approximate surface area is 134 Å². The molecule has 0 saturated heterocycles. The van der Waals surface area contributed by atoms with Crippen molar-refractivity contribution in [3.63, 3.8) is 0 Å². The fraction of sp³-hybridized carbons (Fsp3) is 0.158. The molecule has 2 N–H and O–H groups in total. The highest BCUT2D eigenvalue weighted by atomic mass is 16.1. The van der Waals surface area contributed by atoms with Crippen LogP contribution in [-0.2, 0) is 12.8 Å². The Hall–Kier alpha value is -2.88. The van der Waals surface area contributed by atoms with E-state index in [1.54, 1.807) is 12.4 Å². The van der Waals surface area contributed by atoms with Crippen molar-refractivity contribution >= 4 is 5.91 Å². The molecular formula is C19H17N3O. The zero-order valence-electron chi connectivity index (χ0n) is 12.6. The van der Waals surface area contributed by atoms with Crippen molar-refractivity contribution in [2.45, 2.75) is 18.9 Å². The summed E-state index contributed by atoms with van der Waals surface area (Å²) in [4.78, 5) is 19.8. The summed E-state index contributed by atoms with van der Waals surface area (Å²) < 4.78 is 0. The van der Waals surface area contributed by atoms with Gasteiger partial charge in [0.05, 0.1) is 5.56 Å². The van der Waals surface area contributed by atoms with Gasteiger partial charge in [0.15, 0.2) is 0 Å². The quantitative estimate of drug-likeness (QED) is 0.781. The number of carbonyl (C=O) groups excluding carboxylic acids is 1. The minimum atomic E-state index is 0.00346. The van der Waals surface area contributed by atoms with E-state index in [1.807, 2.05) is 36.4 Å². The highest BCUT2D eigenvalue weighted by Crippen LogP contribution is 2.25. The van der Waals surface area contributed by atoms with Gasteiger partial charge in [-0.15, -0.1) is 0 Å². The molecule has 114 valence electrons. The monoisotopic (exact) mass is 303 g/mol. The van der Waals surface area contributed by atoms with Gasteiger partial charge < -0.3 is 10.3 Å². The minimum absolute atomic E-state index is 0.00346. The van der Waals surface area contributed by atoms with Crippen molar-refractivity contribution in [1.29, 1.82) is 0 Å². The third-order valence-electron chi connectivity index (χ3n) is 4.25. The first kappa shape index (κ1) is 13.8. The number of fused-ring (bicyclic) bond motifs is 1. The number of nitrogens with one attached hydrogen (secondary N) is 2. The molecule has 0 fully saturated rings. The van der Waals surface area contributed by atoms with Gasteiger partial charge in [0, 0.05) is 41.8 Å². The molecule has 1 amide bonds. The summed E-state index contributed by atoms with van der Waals surface area (Å²) in [5, 5.41) is 3.11. The fourth-order valence-electron chi connectivity index (χ4n) is 3.13. The van der Waals surface area contributed by atoms with E-state index in [0.29, 0.717) is 0 Å². The van der Waals surface area contributed by atoms with Crippen LogP contribution in [0.4, 0.5) is 0 Å². The Morgan fingerprint density at radius 3 is 2.65 bits per heavy atom. The molecule has 3 heterocycles. The predicted molar refractivity (Wildman–Crippen MR) is 89.1 cm³/mol. The highest BCUT2D eigenvalue weighted by molar-refractivity contribution is 5.98. The van der Waals surface area contributed by atoms with E-state index in [1.165, 1.54) is 5.56 Å². The maximum Gasteiger partial charge on any atom is 0.253 e. The molecule has 0 radical (unpaired) electrons. The van der Waals surface area contributed by atoms with E-state index in [4.69, 9.17) is 0 Å². The van der Waals surface area contributed by atoms with Crippen molar-refractivity contribution in [2.75, 3.05) is 0 Å². The second-order valence-corrected chi connectivity index (χ2v) is 5.88. The molecule has 0 spiro atoms. The first-order valence-electron chi connectivity index (χ1n) is 7.76. The van der Waals surface area contributed by atoms with Gasteiger partial charge in [-0.05, 0) is 30.2 Å². The van der Waals surface area contributed by atoms with E-state index < -0.39 is 0 Å². The topological polar surface area (TPSA) is 57.8 Å². The zero-order chi connectivity index (χ0) is 15.6. The number of hydrogen-bond acceptors (Lipinski definition) is 2. The molecule has 4 heteroatoms. The van der Waals surface area contributed by atoms with E-state index >= 15 is 0 Å². The Morgan fingerprint density at radius 1 is 1.09 bits per heavy atom. The summed E-state index contributed by atoms with van der Waals surface area (Å²) in [7, 11) is 0. The largest absolute Gasteiger partial charge is 0.358 e. The van der Waals surface area contributed by atoms with Crippen LogP contribution in [0.3, 0.4) is 0 Å². The van der Waals surface area contributed by atoms with Crippen molar-refractivity contribution in [2.24, 2.45) is 0 Å². The number of amides is 1. The standard InChI is InChI=1S/C19H17N3O/c23-19-16-12-17(14-6-8-20-9-7-14)22-18(16)11-15(21-19)10-13-4-2-1-3-5-13/h1-9,12,15,22H,10-11H2,(H,21,23)/t15-/m0/s1. The molecule has 1 aliphatic heterocycles. The van der Waals surface area contributed by atoms with Gasteiger partial charge >= 0.3 is 0 Å². The maximum absolute atomic E-state index is 12.4. The summed E-state index contributed by atoms with van der Waals surface area (Å²) in [6.45, 7) is 0. The number of aromatic nitrogens is 2. The van der Waals surface area contributed by atoms with Crippen molar-refractivity contribution in [3.05, 3.63) is 77.7 Å². The Bertz CT molecular complexity index is 824. The Kier molecular flexibility index (Phi) is 3.42. The third kappa shape index (κ3) is 2.75. The van der Waals surface area contributed by atoms with Crippen LogP contribution in [-0.4, -0.2) is 21.9 Å². The zero-order valence-corrected chi connectivity index (χ0v) is 12.6. The maximum atomic E-state index is 12.4. The number of benzene rings is 1. The normalized spacial score (nSPS) is 16.7. The van der Waals surface area contributed by atoms with E-state index in [-0.39, 0.29) is 11.9 Å². The van der Waals surface area contributed by atoms with E-state index in [2.05, 4.69) is 27.4 Å². The van der Waals surface area contributed by atoms with Gasteiger partial charge in [-0.1, -0.05) is 30.3 Å². The van der Waals surface area contributed by atoms with Crippen LogP contribution < -0.4 is 5.32 Å². The number of hydrogen-bond donors (Lipinski definition) is 2. The number of H-pyrrole nitrogens is 1. The molecule has 0 aliphatic carbocycles. The van der Waals surface area contributed by atoms with Crippen molar-refractivity contribution in [3.8, 4) is 11.3 Å². The molecule has 4 rings (SSSR count). The number of pyridine rings is 1. The van der Waals surface area contributed by atoms with Crippen LogP contribution in [0.5, 0.6) is 0 Å². The van der Waals surface area contributed by atoms with Crippen LogP contribution in [0.1, 0.15) is 21.6 Å². The predicted octanol–water partition coefficient (Wildman–Crippen LogP) is 2.97. The average Bonchev–Trinajstić information content (AvgIpc) is 3.01. The number of rotatable bonds is 3. The molecular weight excluding hydrogens is 286 g/mol. The summed E-state index contributed by atoms with van der Waals surface area (Å²) in [5.41, 5.74) is 5.01. The van der Waals surface area contributed by atoms with Crippen LogP contribution in [0.2, 0.25) is 0 Å². The lowest BCUT2D eigenvalue weighted by Crippen LogP contribution is -2.42. The molecule has 0 unspecified atom stereocenters. The summed E-state index contributed by atoms with van der Waals surface area (Å²) in [6, 6.07) is 16.2. The van der Waals surface area contributed by atoms with Gasteiger partial charge in [0.25, 0.3) is 5.91 Å². The lowest BCUT2D eigenvalue weighted by atomic mass is 9.96. The van der Waals surface area contributed by atoms with Gasteiger partial charge in [0.1, 0.15) is 0 Å². The molecule has 0 bridgehead atoms. The molecule has 0 saturated carbocycles. The molecule has 3 aromatic rings. The van der Waals surface area contributed by atoms with Crippen LogP contribution in [0, 0.1) is 0 Å². The summed E-state index contributed by atoms with van der Waals surface area (Å²) >= 11 is 0. The third-order valence-corrected chi connectivity index (χ3v) is 4.25. The van der Waals surface area contributed by atoms with Gasteiger partial charge in [-0.2, -0.15) is 0 Å². The van der Waals surface area contributed by atoms with E-state index in [0.717, 1.165) is 35.4 Å². The Morgan fingerprint density at radius 2 is 1.87 bits per heavy atom. The van der Waals surface area contributed by atoms with Crippen molar-refractivity contribution in [1.82, 2.24) is 15.3 Å². The Balaban J connectivity index is 1.59. The lowest BCUT2D eigenvalue weighted by Gasteiger charge is -2.23. The molecule has 23 heavy (non-hydrogen) atoms. The number of aromatic amines is 1. The van der Waals surface area contributed by atoms with E-state index in [9.17, 15) is 4.79 Å². The van der Waals surface area contributed by atoms with Gasteiger partial charge in [-0.25, -0.2) is 0 Å².